The minimum absolute atomic E-state index is 0.0148. The summed E-state index contributed by atoms with van der Waals surface area (Å²) in [5.41, 5.74) is 5.27. The summed E-state index contributed by atoms with van der Waals surface area (Å²) < 4.78 is 5.27. The zero-order valence-electron chi connectivity index (χ0n) is 11.2. The summed E-state index contributed by atoms with van der Waals surface area (Å²) in [6.07, 6.45) is 3.33. The molecule has 108 valence electrons. The van der Waals surface area contributed by atoms with E-state index < -0.39 is 5.41 Å². The zero-order valence-corrected chi connectivity index (χ0v) is 11.2. The summed E-state index contributed by atoms with van der Waals surface area (Å²) in [4.78, 5) is 23.6. The van der Waals surface area contributed by atoms with Crippen LogP contribution in [0.4, 0.5) is 0 Å². The molecule has 2 amide bonds. The van der Waals surface area contributed by atoms with Crippen molar-refractivity contribution < 1.29 is 14.3 Å². The van der Waals surface area contributed by atoms with E-state index in [2.05, 4.69) is 10.6 Å². The van der Waals surface area contributed by atoms with E-state index in [1.165, 1.54) is 0 Å². The van der Waals surface area contributed by atoms with Gasteiger partial charge in [-0.05, 0) is 25.7 Å². The first-order chi connectivity index (χ1) is 9.18. The second kappa shape index (κ2) is 6.34. The Morgan fingerprint density at radius 1 is 1.16 bits per heavy atom. The van der Waals surface area contributed by atoms with Gasteiger partial charge in [0.1, 0.15) is 0 Å². The summed E-state index contributed by atoms with van der Waals surface area (Å²) in [5, 5.41) is 5.69. The third-order valence-electron chi connectivity index (χ3n) is 3.98. The van der Waals surface area contributed by atoms with Gasteiger partial charge in [0.15, 0.2) is 0 Å². The lowest BCUT2D eigenvalue weighted by atomic mass is 9.79. The molecule has 2 fully saturated rings. The molecular weight excluding hydrogens is 246 g/mol. The minimum Gasteiger partial charge on any atom is -0.381 e. The number of ether oxygens (including phenoxy) is 1. The normalized spacial score (nSPS) is 21.7. The molecule has 0 unspecified atom stereocenters. The largest absolute Gasteiger partial charge is 0.381 e. The van der Waals surface area contributed by atoms with Crippen molar-refractivity contribution in [3.05, 3.63) is 0 Å². The molecule has 1 aliphatic heterocycles. The van der Waals surface area contributed by atoms with Crippen molar-refractivity contribution in [2.24, 2.45) is 17.1 Å². The molecule has 6 heteroatoms. The predicted molar refractivity (Wildman–Crippen MR) is 70.3 cm³/mol. The second-order valence-electron chi connectivity index (χ2n) is 5.42. The maximum absolute atomic E-state index is 12.2. The van der Waals surface area contributed by atoms with Crippen LogP contribution in [0.1, 0.15) is 25.7 Å². The van der Waals surface area contributed by atoms with Crippen molar-refractivity contribution >= 4 is 11.8 Å². The number of carbonyl (C=O) groups is 2. The number of hydrogen-bond acceptors (Lipinski definition) is 4. The van der Waals surface area contributed by atoms with E-state index in [1.54, 1.807) is 0 Å². The summed E-state index contributed by atoms with van der Waals surface area (Å²) >= 11 is 0. The average molecular weight is 269 g/mol. The van der Waals surface area contributed by atoms with Gasteiger partial charge in [0.05, 0.1) is 5.41 Å². The number of hydrogen-bond donors (Lipinski definition) is 3. The third kappa shape index (κ3) is 3.67. The monoisotopic (exact) mass is 269 g/mol. The SMILES string of the molecule is NCC1(C(=O)NCCNC(=O)C2CC2)CCOCC1. The summed E-state index contributed by atoms with van der Waals surface area (Å²) in [6, 6.07) is 0. The Labute approximate surface area is 113 Å². The van der Waals surface area contributed by atoms with Crippen molar-refractivity contribution in [2.75, 3.05) is 32.8 Å². The summed E-state index contributed by atoms with van der Waals surface area (Å²) in [7, 11) is 0. The van der Waals surface area contributed by atoms with Crippen LogP contribution in [0.2, 0.25) is 0 Å². The van der Waals surface area contributed by atoms with Gasteiger partial charge in [-0.3, -0.25) is 9.59 Å². The predicted octanol–water partition coefficient (Wildman–Crippen LogP) is -0.616. The van der Waals surface area contributed by atoms with Gasteiger partial charge >= 0.3 is 0 Å². The Kier molecular flexibility index (Phi) is 4.76. The molecule has 0 aromatic carbocycles. The van der Waals surface area contributed by atoms with Crippen LogP contribution in [0.15, 0.2) is 0 Å². The lowest BCUT2D eigenvalue weighted by Gasteiger charge is -2.34. The van der Waals surface area contributed by atoms with Gasteiger partial charge in [-0.15, -0.1) is 0 Å². The number of carbonyl (C=O) groups excluding carboxylic acids is 2. The maximum Gasteiger partial charge on any atom is 0.227 e. The Hall–Kier alpha value is -1.14. The second-order valence-corrected chi connectivity index (χ2v) is 5.42. The van der Waals surface area contributed by atoms with Crippen molar-refractivity contribution in [1.82, 2.24) is 10.6 Å². The third-order valence-corrected chi connectivity index (χ3v) is 3.98. The van der Waals surface area contributed by atoms with E-state index in [4.69, 9.17) is 10.5 Å². The van der Waals surface area contributed by atoms with Gasteiger partial charge in [0.25, 0.3) is 0 Å². The first kappa shape index (κ1) is 14.3. The first-order valence-electron chi connectivity index (χ1n) is 7.02. The number of nitrogens with two attached hydrogens (primary N) is 1. The molecule has 6 nitrogen and oxygen atoms in total. The fourth-order valence-electron chi connectivity index (χ4n) is 2.33. The van der Waals surface area contributed by atoms with Crippen molar-refractivity contribution in [3.63, 3.8) is 0 Å². The van der Waals surface area contributed by atoms with Crippen LogP contribution in [0.5, 0.6) is 0 Å². The summed E-state index contributed by atoms with van der Waals surface area (Å²) in [5.74, 6) is 0.300. The number of amides is 2. The minimum atomic E-state index is -0.487. The van der Waals surface area contributed by atoms with Gasteiger partial charge in [-0.1, -0.05) is 0 Å². The van der Waals surface area contributed by atoms with Crippen molar-refractivity contribution in [3.8, 4) is 0 Å². The molecule has 1 saturated carbocycles. The molecule has 1 saturated heterocycles. The lowest BCUT2D eigenvalue weighted by Crippen LogP contribution is -2.50. The zero-order chi connectivity index (χ0) is 13.7. The van der Waals surface area contributed by atoms with Crippen LogP contribution in [0.3, 0.4) is 0 Å². The molecular formula is C13H23N3O3. The topological polar surface area (TPSA) is 93.5 Å². The Morgan fingerprint density at radius 2 is 1.79 bits per heavy atom. The Morgan fingerprint density at radius 3 is 2.37 bits per heavy atom. The molecule has 2 aliphatic rings. The average Bonchev–Trinajstić information content (AvgIpc) is 3.28. The highest BCUT2D eigenvalue weighted by Gasteiger charge is 2.38. The first-order valence-corrected chi connectivity index (χ1v) is 7.02. The van der Waals surface area contributed by atoms with E-state index in [0.29, 0.717) is 45.7 Å². The molecule has 19 heavy (non-hydrogen) atoms. The highest BCUT2D eigenvalue weighted by atomic mass is 16.5. The standard InChI is InChI=1S/C13H23N3O3/c14-9-13(3-7-19-8-4-13)12(18)16-6-5-15-11(17)10-1-2-10/h10H,1-9,14H2,(H,15,17)(H,16,18). The van der Waals surface area contributed by atoms with Gasteiger partial charge < -0.3 is 21.1 Å². The Balaban J connectivity index is 1.68. The number of rotatable bonds is 6. The molecule has 0 bridgehead atoms. The molecule has 1 aliphatic carbocycles. The highest BCUT2D eigenvalue weighted by Crippen LogP contribution is 2.29. The van der Waals surface area contributed by atoms with Crippen LogP contribution in [-0.2, 0) is 14.3 Å². The summed E-state index contributed by atoms with van der Waals surface area (Å²) in [6.45, 7) is 2.46. The van der Waals surface area contributed by atoms with Crippen molar-refractivity contribution in [2.45, 2.75) is 25.7 Å². The smallest absolute Gasteiger partial charge is 0.227 e. The lowest BCUT2D eigenvalue weighted by molar-refractivity contribution is -0.136. The van der Waals surface area contributed by atoms with Crippen molar-refractivity contribution in [1.29, 1.82) is 0 Å². The van der Waals surface area contributed by atoms with E-state index in [1.807, 2.05) is 0 Å². The van der Waals surface area contributed by atoms with Crippen LogP contribution < -0.4 is 16.4 Å². The molecule has 2 rings (SSSR count). The van der Waals surface area contributed by atoms with E-state index in [-0.39, 0.29) is 17.7 Å². The van der Waals surface area contributed by atoms with Gasteiger partial charge in [-0.2, -0.15) is 0 Å². The van der Waals surface area contributed by atoms with Crippen LogP contribution in [0, 0.1) is 11.3 Å². The quantitative estimate of drug-likeness (QED) is 0.560. The maximum atomic E-state index is 12.2. The van der Waals surface area contributed by atoms with Gasteiger partial charge in [-0.25, -0.2) is 0 Å². The molecule has 0 spiro atoms. The van der Waals surface area contributed by atoms with Crippen LogP contribution in [0.25, 0.3) is 0 Å². The molecule has 0 atom stereocenters. The highest BCUT2D eigenvalue weighted by molar-refractivity contribution is 5.83. The molecule has 0 aromatic rings. The van der Waals surface area contributed by atoms with E-state index in [0.717, 1.165) is 12.8 Å². The van der Waals surface area contributed by atoms with E-state index >= 15 is 0 Å². The van der Waals surface area contributed by atoms with Crippen LogP contribution in [-0.4, -0.2) is 44.7 Å². The molecule has 0 aromatic heterocycles. The Bertz CT molecular complexity index is 336. The van der Waals surface area contributed by atoms with E-state index in [9.17, 15) is 9.59 Å². The fraction of sp³-hybridized carbons (Fsp3) is 0.846. The fourth-order valence-corrected chi connectivity index (χ4v) is 2.33. The number of nitrogens with one attached hydrogen (secondary N) is 2. The van der Waals surface area contributed by atoms with Gasteiger partial charge in [0, 0.05) is 38.8 Å². The van der Waals surface area contributed by atoms with Crippen LogP contribution >= 0.6 is 0 Å². The molecule has 4 N–H and O–H groups in total. The molecule has 1 heterocycles. The molecule has 0 radical (unpaired) electrons. The van der Waals surface area contributed by atoms with Gasteiger partial charge in [0.2, 0.25) is 11.8 Å².